The maximum atomic E-state index is 12.6. The summed E-state index contributed by atoms with van der Waals surface area (Å²) in [4.78, 5) is 1.84. The molecule has 0 saturated heterocycles. The Morgan fingerprint density at radius 1 is 0.243 bits per heavy atom. The predicted octanol–water partition coefficient (Wildman–Crippen LogP) is 18.6. The van der Waals surface area contributed by atoms with Crippen molar-refractivity contribution in [3.63, 3.8) is 0 Å². The first-order chi connectivity index (χ1) is 56.6. The van der Waals surface area contributed by atoms with Gasteiger partial charge in [0.1, 0.15) is 112 Å². The van der Waals surface area contributed by atoms with Crippen LogP contribution < -0.4 is 56.8 Å². The second kappa shape index (κ2) is 32.8. The molecule has 22 rings (SSSR count). The normalized spacial score (nSPS) is 17.1. The second-order valence-electron chi connectivity index (χ2n) is 29.5. The molecule has 578 valence electrons. The third-order valence-electron chi connectivity index (χ3n) is 22.2. The minimum absolute atomic E-state index is 0.0452. The topological polar surface area (TPSA) is 175 Å². The van der Waals surface area contributed by atoms with Gasteiger partial charge in [0.15, 0.2) is 34.5 Å². The van der Waals surface area contributed by atoms with E-state index in [1.165, 1.54) is 0 Å². The Labute approximate surface area is 666 Å². The lowest BCUT2D eigenvalue weighted by Crippen LogP contribution is -2.45. The molecule has 3 N–H and O–H groups in total. The lowest BCUT2D eigenvalue weighted by Gasteiger charge is -2.30. The molecule has 115 heavy (non-hydrogen) atoms. The van der Waals surface area contributed by atoms with Crippen molar-refractivity contribution in [3.05, 3.63) is 288 Å². The molecule has 0 fully saturated rings. The molecule has 0 radical (unpaired) electrons. The van der Waals surface area contributed by atoms with E-state index in [0.717, 1.165) is 131 Å². The predicted molar refractivity (Wildman–Crippen MR) is 452 cm³/mol. The summed E-state index contributed by atoms with van der Waals surface area (Å²) in [7, 11) is 4.99. The van der Waals surface area contributed by atoms with Crippen LogP contribution in [0.3, 0.4) is 0 Å². The van der Waals surface area contributed by atoms with Crippen LogP contribution in [0.4, 0.5) is 0 Å². The summed E-state index contributed by atoms with van der Waals surface area (Å²) in [5.41, 5.74) is 10.8. The standard InChI is InChI=1S/C99H87NO15/c1-104-88-49-67-46-71-53-92-90(106-3)51-69(71)48-72-54-93-89(105-2)50-68(72)47-70(67)52-91(88)110-43-40-107-82-34-28-61-16-4-10-22-76(61)94(82)97-79-25-13-7-19-64(79)31-37-85(97)113-58-73(101)55-100(56-74(102)59-114-86-38-32-65-20-8-14-26-80(65)98(86)95-77-23-11-5-17-62(77)29-35-83(95)108-41-44-111-92)57-75(103)60-115-87-39-33-66-21-9-15-27-81(66)99(87)96-78-24-12-6-18-63(78)30-36-84(96)109-42-45-112-93/h4-39,49-54,73-75,101-103H,40-48,55-60H2,1-3H3/t73-,74-,75-/m1/s1. The Morgan fingerprint density at radius 2 is 0.443 bits per heavy atom. The lowest BCUT2D eigenvalue weighted by atomic mass is 9.92. The Morgan fingerprint density at radius 3 is 0.670 bits per heavy atom. The van der Waals surface area contributed by atoms with E-state index in [1.54, 1.807) is 21.3 Å². The molecular formula is C99H87NO15. The number of hydrogen-bond acceptors (Lipinski definition) is 16. The van der Waals surface area contributed by atoms with E-state index < -0.39 is 18.3 Å². The van der Waals surface area contributed by atoms with Gasteiger partial charge in [-0.25, -0.2) is 0 Å². The minimum Gasteiger partial charge on any atom is -0.493 e. The van der Waals surface area contributed by atoms with Crippen molar-refractivity contribution >= 4 is 64.6 Å². The highest BCUT2D eigenvalue weighted by molar-refractivity contribution is 6.12. The number of methoxy groups -OCH3 is 3. The van der Waals surface area contributed by atoms with Gasteiger partial charge in [0.2, 0.25) is 0 Å². The molecule has 16 heteroatoms. The summed E-state index contributed by atoms with van der Waals surface area (Å²) in [6.45, 7) is 0.198. The average molecular weight is 1530 g/mol. The molecule has 0 amide bonds. The van der Waals surface area contributed by atoms with E-state index in [9.17, 15) is 15.3 Å². The first-order valence-corrected chi connectivity index (χ1v) is 39.2. The van der Waals surface area contributed by atoms with Crippen LogP contribution in [0.2, 0.25) is 0 Å². The molecule has 0 aromatic heterocycles. The molecule has 0 unspecified atom stereocenters. The van der Waals surface area contributed by atoms with E-state index in [0.29, 0.717) is 88.3 Å². The highest BCUT2D eigenvalue weighted by atomic mass is 16.6. The highest BCUT2D eigenvalue weighted by Gasteiger charge is 2.30. The summed E-state index contributed by atoms with van der Waals surface area (Å²) in [6.07, 6.45) is -2.04. The van der Waals surface area contributed by atoms with Gasteiger partial charge < -0.3 is 72.2 Å². The third kappa shape index (κ3) is 15.1. The van der Waals surface area contributed by atoms with Gasteiger partial charge in [-0.3, -0.25) is 4.90 Å². The first kappa shape index (κ1) is 73.8. The molecule has 0 spiro atoms. The summed E-state index contributed by atoms with van der Waals surface area (Å²) in [5.74, 6) is 6.63. The van der Waals surface area contributed by atoms with Crippen LogP contribution in [-0.4, -0.2) is 139 Å². The summed E-state index contributed by atoms with van der Waals surface area (Å²) < 4.78 is 81.1. The second-order valence-corrected chi connectivity index (χ2v) is 29.5. The Balaban J connectivity index is 0.811. The SMILES string of the molecule is COc1cc2c3cc1OCCOc1ccc4ccccc4c1-c1c(ccc4ccccc14)OC[C@H](O)CN1C[C@@H](O)COc4ccc5ccccc5c4-c4c(ccc5ccccc45)OCCOc4cc(c(cc4OC)C3)Cc3cc(OC)c(cc3C2)OCCOc2ccc3ccccc3c2-c2c(ccc3ccccc23)OC[C@H](O)C1. The van der Waals surface area contributed by atoms with E-state index in [2.05, 4.69) is 127 Å². The van der Waals surface area contributed by atoms with E-state index in [4.69, 9.17) is 56.8 Å². The zero-order chi connectivity index (χ0) is 77.9. The van der Waals surface area contributed by atoms with Crippen LogP contribution >= 0.6 is 0 Å². The minimum atomic E-state index is -1.17. The van der Waals surface area contributed by atoms with Crippen LogP contribution in [0.15, 0.2) is 255 Å². The maximum absolute atomic E-state index is 12.6. The van der Waals surface area contributed by atoms with Crippen LogP contribution in [0.5, 0.6) is 69.0 Å². The lowest BCUT2D eigenvalue weighted by molar-refractivity contribution is 0.00377. The van der Waals surface area contributed by atoms with Crippen molar-refractivity contribution in [2.24, 2.45) is 0 Å². The number of aliphatic hydroxyl groups is 3. The fourth-order valence-corrected chi connectivity index (χ4v) is 16.9. The fraction of sp³-hybridized carbons (Fsp3) is 0.212. The third-order valence-corrected chi connectivity index (χ3v) is 22.2. The summed E-state index contributed by atoms with van der Waals surface area (Å²) in [5, 5.41) is 49.3. The van der Waals surface area contributed by atoms with Gasteiger partial charge in [0, 0.05) is 53.0 Å². The maximum Gasteiger partial charge on any atom is 0.161 e. The number of fused-ring (bicyclic) bond motifs is 9. The molecular weight excluding hydrogens is 1440 g/mol. The van der Waals surface area contributed by atoms with Gasteiger partial charge in [0.25, 0.3) is 0 Å². The number of rotatable bonds is 3. The summed E-state index contributed by atoms with van der Waals surface area (Å²) >= 11 is 0. The molecule has 15 aromatic carbocycles. The van der Waals surface area contributed by atoms with Gasteiger partial charge in [-0.1, -0.05) is 182 Å². The average Bonchev–Trinajstić information content (AvgIpc) is 1.19. The van der Waals surface area contributed by atoms with Crippen molar-refractivity contribution in [3.8, 4) is 102 Å². The number of aliphatic hydroxyl groups excluding tert-OH is 3. The number of nitrogens with zero attached hydrogens (tertiary/aromatic N) is 1. The Kier molecular flexibility index (Phi) is 21.0. The van der Waals surface area contributed by atoms with Crippen LogP contribution in [0, 0.1) is 0 Å². The zero-order valence-corrected chi connectivity index (χ0v) is 64.3. The van der Waals surface area contributed by atoms with E-state index >= 15 is 0 Å². The first-order valence-electron chi connectivity index (χ1n) is 39.2. The number of ether oxygens (including phenoxy) is 12. The largest absolute Gasteiger partial charge is 0.493 e. The highest BCUT2D eigenvalue weighted by Crippen LogP contribution is 2.51. The molecule has 7 aliphatic rings. The van der Waals surface area contributed by atoms with Gasteiger partial charge in [-0.15, -0.1) is 0 Å². The Hall–Kier alpha value is -12.7. The smallest absolute Gasteiger partial charge is 0.161 e. The molecule has 15 aromatic rings. The van der Waals surface area contributed by atoms with Crippen molar-refractivity contribution in [2.75, 3.05) is 100 Å². The molecule has 16 nitrogen and oxygen atoms in total. The van der Waals surface area contributed by atoms with Crippen molar-refractivity contribution in [1.82, 2.24) is 4.90 Å². The molecule has 6 aliphatic heterocycles. The molecule has 6 heterocycles. The molecule has 3 atom stereocenters. The van der Waals surface area contributed by atoms with Gasteiger partial charge in [-0.05, 0) is 190 Å². The Bertz CT molecular complexity index is 5570. The van der Waals surface area contributed by atoms with Gasteiger partial charge >= 0.3 is 0 Å². The zero-order valence-electron chi connectivity index (χ0n) is 64.3. The number of benzene rings is 15. The van der Waals surface area contributed by atoms with E-state index in [-0.39, 0.29) is 79.1 Å². The van der Waals surface area contributed by atoms with Gasteiger partial charge in [0.05, 0.1) is 21.3 Å². The van der Waals surface area contributed by atoms with Crippen molar-refractivity contribution in [2.45, 2.75) is 37.6 Å². The molecule has 1 aliphatic carbocycles. The van der Waals surface area contributed by atoms with Crippen LogP contribution in [0.1, 0.15) is 33.4 Å². The van der Waals surface area contributed by atoms with Crippen LogP contribution in [-0.2, 0) is 19.3 Å². The summed E-state index contributed by atoms with van der Waals surface area (Å²) in [6, 6.07) is 85.7. The molecule has 0 saturated carbocycles. The van der Waals surface area contributed by atoms with Crippen molar-refractivity contribution < 1.29 is 72.2 Å². The van der Waals surface area contributed by atoms with Gasteiger partial charge in [-0.2, -0.15) is 0 Å². The van der Waals surface area contributed by atoms with Crippen molar-refractivity contribution in [1.29, 1.82) is 0 Å². The number of hydrogen-bond donors (Lipinski definition) is 3. The monoisotopic (exact) mass is 1530 g/mol. The molecule has 10 bridgehead atoms. The quantitative estimate of drug-likeness (QED) is 0.152. The van der Waals surface area contributed by atoms with E-state index in [1.807, 2.05) is 132 Å². The fourth-order valence-electron chi connectivity index (χ4n) is 16.9. The van der Waals surface area contributed by atoms with Crippen LogP contribution in [0.25, 0.3) is 98.0 Å².